The fourth-order valence-corrected chi connectivity index (χ4v) is 1.15. The highest BCUT2D eigenvalue weighted by atomic mass is 16.5. The van der Waals surface area contributed by atoms with Crippen molar-refractivity contribution in [3.8, 4) is 11.4 Å². The number of hydrogen-bond acceptors (Lipinski definition) is 3. The molecule has 0 saturated carbocycles. The predicted octanol–water partition coefficient (Wildman–Crippen LogP) is 1.64. The van der Waals surface area contributed by atoms with Crippen molar-refractivity contribution in [2.75, 3.05) is 0 Å². The van der Waals surface area contributed by atoms with Crippen molar-refractivity contribution < 1.29 is 4.52 Å². The van der Waals surface area contributed by atoms with Gasteiger partial charge < -0.3 is 4.52 Å². The van der Waals surface area contributed by atoms with Crippen molar-refractivity contribution in [3.05, 3.63) is 24.1 Å². The molecule has 0 bridgehead atoms. The van der Waals surface area contributed by atoms with Gasteiger partial charge in [0.05, 0.1) is 0 Å². The van der Waals surface area contributed by atoms with Crippen molar-refractivity contribution >= 4 is 0 Å². The van der Waals surface area contributed by atoms with E-state index in [9.17, 15) is 0 Å². The summed E-state index contributed by atoms with van der Waals surface area (Å²) in [5.41, 5.74) is 1.66. The third-order valence-corrected chi connectivity index (χ3v) is 1.88. The molecule has 0 amide bonds. The van der Waals surface area contributed by atoms with Gasteiger partial charge in [-0.3, -0.25) is 4.68 Å². The van der Waals surface area contributed by atoms with Gasteiger partial charge in [-0.2, -0.15) is 5.10 Å². The lowest BCUT2D eigenvalue weighted by Gasteiger charge is -1.85. The topological polar surface area (TPSA) is 43.9 Å². The Labute approximate surface area is 76.2 Å². The Kier molecular flexibility index (Phi) is 1.88. The molecular weight excluding hydrogens is 166 g/mol. The summed E-state index contributed by atoms with van der Waals surface area (Å²) in [5.74, 6) is 0.889. The average molecular weight is 177 g/mol. The van der Waals surface area contributed by atoms with Crippen LogP contribution < -0.4 is 0 Å². The Bertz CT molecular complexity index is 402. The predicted molar refractivity (Wildman–Crippen MR) is 48.1 cm³/mol. The number of aryl methyl sites for hydroxylation is 2. The molecule has 13 heavy (non-hydrogen) atoms. The van der Waals surface area contributed by atoms with Gasteiger partial charge in [-0.25, -0.2) is 0 Å². The maximum atomic E-state index is 5.08. The molecule has 0 aliphatic rings. The van der Waals surface area contributed by atoms with Crippen LogP contribution in [0.2, 0.25) is 0 Å². The molecule has 0 unspecified atom stereocenters. The van der Waals surface area contributed by atoms with E-state index in [1.807, 2.05) is 32.3 Å². The monoisotopic (exact) mass is 177 g/mol. The lowest BCUT2D eigenvalue weighted by molar-refractivity contribution is 0.388. The number of hydrogen-bond donors (Lipinski definition) is 0. The summed E-state index contributed by atoms with van der Waals surface area (Å²) < 4.78 is 6.82. The van der Waals surface area contributed by atoms with Crippen molar-refractivity contribution in [2.24, 2.45) is 7.05 Å². The average Bonchev–Trinajstić information content (AvgIpc) is 2.71. The van der Waals surface area contributed by atoms with Crippen LogP contribution in [0.4, 0.5) is 0 Å². The molecule has 0 aliphatic heterocycles. The first-order valence-corrected chi connectivity index (χ1v) is 4.25. The first-order valence-electron chi connectivity index (χ1n) is 4.25. The van der Waals surface area contributed by atoms with Crippen molar-refractivity contribution in [3.63, 3.8) is 0 Å². The lowest BCUT2D eigenvalue weighted by atomic mass is 10.3. The first-order chi connectivity index (χ1) is 6.29. The molecule has 2 aromatic heterocycles. The van der Waals surface area contributed by atoms with E-state index in [4.69, 9.17) is 4.52 Å². The third-order valence-electron chi connectivity index (χ3n) is 1.88. The van der Waals surface area contributed by atoms with Crippen LogP contribution in [0.25, 0.3) is 11.4 Å². The van der Waals surface area contributed by atoms with E-state index in [2.05, 4.69) is 10.3 Å². The van der Waals surface area contributed by atoms with Crippen LogP contribution in [-0.2, 0) is 13.5 Å². The summed E-state index contributed by atoms with van der Waals surface area (Å²) in [6.45, 7) is 2.03. The SMILES string of the molecule is CCc1cc(-c2ccn(C)n2)no1. The van der Waals surface area contributed by atoms with Gasteiger partial charge in [0.15, 0.2) is 0 Å². The molecule has 2 heterocycles. The smallest absolute Gasteiger partial charge is 0.137 e. The third kappa shape index (κ3) is 1.47. The first kappa shape index (κ1) is 8.04. The number of nitrogens with zero attached hydrogens (tertiary/aromatic N) is 3. The largest absolute Gasteiger partial charge is 0.361 e. The molecule has 4 nitrogen and oxygen atoms in total. The van der Waals surface area contributed by atoms with Gasteiger partial charge in [-0.05, 0) is 6.07 Å². The van der Waals surface area contributed by atoms with Gasteiger partial charge in [0.25, 0.3) is 0 Å². The summed E-state index contributed by atoms with van der Waals surface area (Å²) >= 11 is 0. The minimum absolute atomic E-state index is 0.803. The van der Waals surface area contributed by atoms with Crippen LogP contribution in [0.5, 0.6) is 0 Å². The molecule has 0 fully saturated rings. The molecule has 68 valence electrons. The molecule has 0 atom stereocenters. The second-order valence-electron chi connectivity index (χ2n) is 2.91. The fourth-order valence-electron chi connectivity index (χ4n) is 1.15. The molecule has 4 heteroatoms. The molecule has 0 radical (unpaired) electrons. The Morgan fingerprint density at radius 2 is 2.31 bits per heavy atom. The standard InChI is InChI=1S/C9H11N3O/c1-3-7-6-9(11-13-7)8-4-5-12(2)10-8/h4-6H,3H2,1-2H3. The van der Waals surface area contributed by atoms with Crippen LogP contribution in [0.3, 0.4) is 0 Å². The zero-order valence-electron chi connectivity index (χ0n) is 7.69. The van der Waals surface area contributed by atoms with E-state index >= 15 is 0 Å². The van der Waals surface area contributed by atoms with Gasteiger partial charge in [0.1, 0.15) is 17.1 Å². The van der Waals surface area contributed by atoms with Crippen LogP contribution >= 0.6 is 0 Å². The lowest BCUT2D eigenvalue weighted by Crippen LogP contribution is -1.87. The van der Waals surface area contributed by atoms with Crippen LogP contribution in [-0.4, -0.2) is 14.9 Å². The maximum absolute atomic E-state index is 5.08. The minimum atomic E-state index is 0.803. The van der Waals surface area contributed by atoms with Crippen molar-refractivity contribution in [1.82, 2.24) is 14.9 Å². The summed E-state index contributed by atoms with van der Waals surface area (Å²) in [4.78, 5) is 0. The van der Waals surface area contributed by atoms with E-state index in [1.165, 1.54) is 0 Å². The summed E-state index contributed by atoms with van der Waals surface area (Å²) in [5, 5.41) is 8.14. The number of aromatic nitrogens is 3. The molecule has 0 spiro atoms. The highest BCUT2D eigenvalue weighted by Gasteiger charge is 2.06. The summed E-state index contributed by atoms with van der Waals surface area (Å²) in [6, 6.07) is 3.83. The molecule has 0 N–H and O–H groups in total. The zero-order valence-corrected chi connectivity index (χ0v) is 7.69. The fraction of sp³-hybridized carbons (Fsp3) is 0.333. The van der Waals surface area contributed by atoms with Crippen LogP contribution in [0, 0.1) is 0 Å². The zero-order chi connectivity index (χ0) is 9.26. The molecule has 2 rings (SSSR count). The second kappa shape index (κ2) is 3.05. The molecule has 0 aromatic carbocycles. The molecule has 2 aromatic rings. The minimum Gasteiger partial charge on any atom is -0.361 e. The Morgan fingerprint density at radius 3 is 2.85 bits per heavy atom. The van der Waals surface area contributed by atoms with E-state index in [-0.39, 0.29) is 0 Å². The Morgan fingerprint density at radius 1 is 1.46 bits per heavy atom. The van der Waals surface area contributed by atoms with Crippen LogP contribution in [0.15, 0.2) is 22.9 Å². The highest BCUT2D eigenvalue weighted by molar-refractivity contribution is 5.52. The Hall–Kier alpha value is -1.58. The van der Waals surface area contributed by atoms with Gasteiger partial charge >= 0.3 is 0 Å². The summed E-state index contributed by atoms with van der Waals surface area (Å²) in [6.07, 6.45) is 2.75. The molecular formula is C9H11N3O. The normalized spacial score (nSPS) is 10.6. The number of rotatable bonds is 2. The quantitative estimate of drug-likeness (QED) is 0.700. The van der Waals surface area contributed by atoms with E-state index < -0.39 is 0 Å². The van der Waals surface area contributed by atoms with Gasteiger partial charge in [0.2, 0.25) is 0 Å². The maximum Gasteiger partial charge on any atom is 0.137 e. The van der Waals surface area contributed by atoms with Gasteiger partial charge in [-0.1, -0.05) is 12.1 Å². The van der Waals surface area contributed by atoms with Gasteiger partial charge in [0, 0.05) is 25.7 Å². The van der Waals surface area contributed by atoms with E-state index in [0.717, 1.165) is 23.6 Å². The molecule has 0 saturated heterocycles. The van der Waals surface area contributed by atoms with E-state index in [0.29, 0.717) is 0 Å². The van der Waals surface area contributed by atoms with Crippen molar-refractivity contribution in [2.45, 2.75) is 13.3 Å². The van der Waals surface area contributed by atoms with Gasteiger partial charge in [-0.15, -0.1) is 0 Å². The van der Waals surface area contributed by atoms with Crippen LogP contribution in [0.1, 0.15) is 12.7 Å². The van der Waals surface area contributed by atoms with E-state index in [1.54, 1.807) is 4.68 Å². The Balaban J connectivity index is 2.35. The van der Waals surface area contributed by atoms with Crippen molar-refractivity contribution in [1.29, 1.82) is 0 Å². The molecule has 0 aliphatic carbocycles. The second-order valence-corrected chi connectivity index (χ2v) is 2.91. The highest BCUT2D eigenvalue weighted by Crippen LogP contribution is 2.16. The summed E-state index contributed by atoms with van der Waals surface area (Å²) in [7, 11) is 1.88.